The second-order valence-electron chi connectivity index (χ2n) is 4.65. The van der Waals surface area contributed by atoms with Crippen molar-refractivity contribution in [3.63, 3.8) is 0 Å². The lowest BCUT2D eigenvalue weighted by atomic mass is 9.95. The minimum Gasteiger partial charge on any atom is -0.0776 e. The molecular formula is C15H26. The van der Waals surface area contributed by atoms with Crippen molar-refractivity contribution >= 4 is 0 Å². The Morgan fingerprint density at radius 1 is 1.00 bits per heavy atom. The third-order valence-corrected chi connectivity index (χ3v) is 2.81. The average molecular weight is 206 g/mol. The topological polar surface area (TPSA) is 0 Å². The van der Waals surface area contributed by atoms with Gasteiger partial charge in [-0.15, -0.1) is 0 Å². The van der Waals surface area contributed by atoms with Crippen molar-refractivity contribution in [1.29, 1.82) is 0 Å². The molecule has 0 aromatic heterocycles. The van der Waals surface area contributed by atoms with E-state index in [1.165, 1.54) is 24.0 Å². The van der Waals surface area contributed by atoms with Crippen LogP contribution in [0.15, 0.2) is 24.3 Å². The van der Waals surface area contributed by atoms with Crippen molar-refractivity contribution in [2.45, 2.75) is 53.9 Å². The van der Waals surface area contributed by atoms with Crippen molar-refractivity contribution < 1.29 is 0 Å². The van der Waals surface area contributed by atoms with Crippen LogP contribution in [0, 0.1) is 5.92 Å². The molecule has 0 fully saturated rings. The molecule has 1 unspecified atom stereocenters. The Morgan fingerprint density at radius 3 is 1.93 bits per heavy atom. The van der Waals surface area contributed by atoms with E-state index >= 15 is 0 Å². The zero-order valence-corrected chi connectivity index (χ0v) is 9.88. The molecule has 0 aliphatic carbocycles. The van der Waals surface area contributed by atoms with Crippen LogP contribution in [-0.4, -0.2) is 0 Å². The molecule has 0 bridgehead atoms. The van der Waals surface area contributed by atoms with Crippen LogP contribution in [0.4, 0.5) is 0 Å². The van der Waals surface area contributed by atoms with Gasteiger partial charge in [0.05, 0.1) is 0 Å². The molecule has 1 aromatic carbocycles. The van der Waals surface area contributed by atoms with Crippen molar-refractivity contribution in [3.8, 4) is 0 Å². The number of hydrogen-bond donors (Lipinski definition) is 0. The number of rotatable bonds is 4. The second kappa shape index (κ2) is 6.66. The molecule has 0 aliphatic heterocycles. The lowest BCUT2D eigenvalue weighted by molar-refractivity contribution is 0.646. The fraction of sp³-hybridized carbons (Fsp3) is 0.600. The Morgan fingerprint density at radius 2 is 1.53 bits per heavy atom. The fourth-order valence-corrected chi connectivity index (χ4v) is 1.69. The monoisotopic (exact) mass is 206 g/mol. The summed E-state index contributed by atoms with van der Waals surface area (Å²) in [7, 11) is 0. The maximum absolute atomic E-state index is 2.29. The molecule has 0 saturated carbocycles. The summed E-state index contributed by atoms with van der Waals surface area (Å²) in [5.41, 5.74) is 2.94. The first kappa shape index (κ1) is 14.2. The molecule has 0 heteroatoms. The minimum atomic E-state index is 0. The van der Waals surface area contributed by atoms with Crippen LogP contribution in [0.25, 0.3) is 0 Å². The first-order chi connectivity index (χ1) is 6.63. The SMILES string of the molecule is C.CCC(C)c1ccc(CC(C)C)cc1. The van der Waals surface area contributed by atoms with Gasteiger partial charge in [0.15, 0.2) is 0 Å². The Hall–Kier alpha value is -0.780. The van der Waals surface area contributed by atoms with Gasteiger partial charge in [0.1, 0.15) is 0 Å². The third kappa shape index (κ3) is 4.51. The Bertz CT molecular complexity index is 256. The van der Waals surface area contributed by atoms with Gasteiger partial charge in [-0.3, -0.25) is 0 Å². The highest BCUT2D eigenvalue weighted by molar-refractivity contribution is 5.25. The van der Waals surface area contributed by atoms with Crippen LogP contribution >= 0.6 is 0 Å². The van der Waals surface area contributed by atoms with Crippen LogP contribution in [0.5, 0.6) is 0 Å². The third-order valence-electron chi connectivity index (χ3n) is 2.81. The molecule has 0 spiro atoms. The van der Waals surface area contributed by atoms with Crippen molar-refractivity contribution in [1.82, 2.24) is 0 Å². The standard InChI is InChI=1S/C14H22.CH4/c1-5-12(4)14-8-6-13(7-9-14)10-11(2)3;/h6-9,11-12H,5,10H2,1-4H3;1H4. The molecule has 0 nitrogen and oxygen atoms in total. The van der Waals surface area contributed by atoms with Gasteiger partial charge in [0.25, 0.3) is 0 Å². The van der Waals surface area contributed by atoms with E-state index in [2.05, 4.69) is 52.0 Å². The molecule has 0 heterocycles. The van der Waals surface area contributed by atoms with Crippen LogP contribution in [0.1, 0.15) is 58.6 Å². The van der Waals surface area contributed by atoms with Crippen molar-refractivity contribution in [3.05, 3.63) is 35.4 Å². The predicted octanol–water partition coefficient (Wildman–Crippen LogP) is 5.03. The summed E-state index contributed by atoms with van der Waals surface area (Å²) < 4.78 is 0. The Labute approximate surface area is 95.7 Å². The van der Waals surface area contributed by atoms with Crippen LogP contribution in [0.3, 0.4) is 0 Å². The Balaban J connectivity index is 0.00000196. The summed E-state index contributed by atoms with van der Waals surface area (Å²) >= 11 is 0. The molecule has 0 saturated heterocycles. The Kier molecular flexibility index (Phi) is 6.31. The smallest absolute Gasteiger partial charge is 0.0193 e. The van der Waals surface area contributed by atoms with E-state index in [-0.39, 0.29) is 7.43 Å². The molecule has 1 rings (SSSR count). The highest BCUT2D eigenvalue weighted by Crippen LogP contribution is 2.19. The molecule has 0 radical (unpaired) electrons. The highest BCUT2D eigenvalue weighted by Gasteiger charge is 2.02. The van der Waals surface area contributed by atoms with Crippen LogP contribution < -0.4 is 0 Å². The van der Waals surface area contributed by atoms with Crippen LogP contribution in [0.2, 0.25) is 0 Å². The van der Waals surface area contributed by atoms with Crippen molar-refractivity contribution in [2.75, 3.05) is 0 Å². The van der Waals surface area contributed by atoms with Gasteiger partial charge in [-0.2, -0.15) is 0 Å². The summed E-state index contributed by atoms with van der Waals surface area (Å²) in [6.07, 6.45) is 2.42. The minimum absolute atomic E-state index is 0. The van der Waals surface area contributed by atoms with E-state index < -0.39 is 0 Å². The maximum atomic E-state index is 2.29. The molecule has 15 heavy (non-hydrogen) atoms. The molecule has 1 aromatic rings. The van der Waals surface area contributed by atoms with Gasteiger partial charge in [0, 0.05) is 0 Å². The number of benzene rings is 1. The lowest BCUT2D eigenvalue weighted by Crippen LogP contribution is -1.95. The quantitative estimate of drug-likeness (QED) is 0.648. The normalized spacial score (nSPS) is 12.3. The zero-order chi connectivity index (χ0) is 10.6. The summed E-state index contributed by atoms with van der Waals surface area (Å²) in [5.74, 6) is 1.45. The highest BCUT2D eigenvalue weighted by atomic mass is 14.1. The first-order valence-electron chi connectivity index (χ1n) is 5.72. The van der Waals surface area contributed by atoms with Crippen LogP contribution in [-0.2, 0) is 6.42 Å². The maximum Gasteiger partial charge on any atom is -0.0193 e. The van der Waals surface area contributed by atoms with E-state index in [1.807, 2.05) is 0 Å². The van der Waals surface area contributed by atoms with Gasteiger partial charge in [-0.05, 0) is 35.8 Å². The molecule has 86 valence electrons. The summed E-state index contributed by atoms with van der Waals surface area (Å²) in [6.45, 7) is 9.06. The van der Waals surface area contributed by atoms with Gasteiger partial charge in [0.2, 0.25) is 0 Å². The van der Waals surface area contributed by atoms with E-state index in [9.17, 15) is 0 Å². The molecule has 0 aliphatic rings. The molecule has 0 amide bonds. The summed E-state index contributed by atoms with van der Waals surface area (Å²) in [6, 6.07) is 9.13. The van der Waals surface area contributed by atoms with E-state index in [0.29, 0.717) is 5.92 Å². The van der Waals surface area contributed by atoms with Gasteiger partial charge in [-0.25, -0.2) is 0 Å². The average Bonchev–Trinajstić information content (AvgIpc) is 2.17. The lowest BCUT2D eigenvalue weighted by Gasteiger charge is -2.10. The first-order valence-corrected chi connectivity index (χ1v) is 5.72. The largest absolute Gasteiger partial charge is 0.0776 e. The molecular weight excluding hydrogens is 180 g/mol. The van der Waals surface area contributed by atoms with Crippen molar-refractivity contribution in [2.24, 2.45) is 5.92 Å². The predicted molar refractivity (Wildman–Crippen MR) is 70.4 cm³/mol. The van der Waals surface area contributed by atoms with Gasteiger partial charge in [-0.1, -0.05) is 59.4 Å². The van der Waals surface area contributed by atoms with E-state index in [1.54, 1.807) is 0 Å². The summed E-state index contributed by atoms with van der Waals surface area (Å²) in [4.78, 5) is 0. The molecule has 0 N–H and O–H groups in total. The molecule has 1 atom stereocenters. The fourth-order valence-electron chi connectivity index (χ4n) is 1.69. The number of hydrogen-bond acceptors (Lipinski definition) is 0. The zero-order valence-electron chi connectivity index (χ0n) is 9.88. The van der Waals surface area contributed by atoms with E-state index in [0.717, 1.165) is 5.92 Å². The van der Waals surface area contributed by atoms with E-state index in [4.69, 9.17) is 0 Å². The van der Waals surface area contributed by atoms with Gasteiger partial charge >= 0.3 is 0 Å². The van der Waals surface area contributed by atoms with Gasteiger partial charge < -0.3 is 0 Å². The summed E-state index contributed by atoms with van der Waals surface area (Å²) in [5, 5.41) is 0. The second-order valence-corrected chi connectivity index (χ2v) is 4.65.